The predicted molar refractivity (Wildman–Crippen MR) is 116 cm³/mol. The molecule has 4 nitrogen and oxygen atoms in total. The molecule has 0 saturated heterocycles. The van der Waals surface area contributed by atoms with Crippen LogP contribution in [0.5, 0.6) is 0 Å². The Hall–Kier alpha value is -2.95. The van der Waals surface area contributed by atoms with Crippen LogP contribution in [0.1, 0.15) is 57.3 Å². The topological polar surface area (TPSA) is 69.6 Å². The van der Waals surface area contributed by atoms with Crippen LogP contribution in [0.15, 0.2) is 72.6 Å². The normalized spacial score (nSPS) is 20.4. The third-order valence-electron chi connectivity index (χ3n) is 3.81. The summed E-state index contributed by atoms with van der Waals surface area (Å²) in [5, 5.41) is 22.2. The van der Waals surface area contributed by atoms with Crippen molar-refractivity contribution in [2.45, 2.75) is 25.8 Å². The molecule has 0 fully saturated rings. The zero-order valence-electron chi connectivity index (χ0n) is 28.5. The second-order valence-corrected chi connectivity index (χ2v) is 6.02. The average Bonchev–Trinajstić information content (AvgIpc) is 2.91. The van der Waals surface area contributed by atoms with E-state index in [1.807, 2.05) is 0 Å². The first-order valence-corrected chi connectivity index (χ1v) is 8.64. The van der Waals surface area contributed by atoms with Gasteiger partial charge in [0.25, 0.3) is 0 Å². The highest BCUT2D eigenvalue weighted by atomic mass is 16.4. The Bertz CT molecular complexity index is 1550. The van der Waals surface area contributed by atoms with Crippen LogP contribution in [0.3, 0.4) is 0 Å². The van der Waals surface area contributed by atoms with E-state index in [0.717, 1.165) is 6.07 Å². The van der Waals surface area contributed by atoms with Crippen molar-refractivity contribution >= 4 is 5.97 Å². The number of carbonyl (C=O) groups is 1. The highest BCUT2D eigenvalue weighted by Gasteiger charge is 2.07. The van der Waals surface area contributed by atoms with Gasteiger partial charge in [0.1, 0.15) is 0 Å². The number of nitrogens with one attached hydrogen (secondary N) is 1. The smallest absolute Gasteiger partial charge is 0.335 e. The lowest BCUT2D eigenvalue weighted by atomic mass is 9.99. The summed E-state index contributed by atoms with van der Waals surface area (Å²) in [6, 6.07) is 0.179. The highest BCUT2D eigenvalue weighted by Crippen LogP contribution is 2.22. The average molecular weight is 403 g/mol. The van der Waals surface area contributed by atoms with Crippen molar-refractivity contribution in [3.63, 3.8) is 0 Å². The molecule has 3 N–H and O–H groups in total. The number of carboxylic acid groups (broad SMARTS) is 1. The summed E-state index contributed by atoms with van der Waals surface area (Å²) in [5.74, 6) is -1.29. The minimum atomic E-state index is -3.08. The largest absolute Gasteiger partial charge is 0.478 e. The van der Waals surface area contributed by atoms with Gasteiger partial charge in [0.05, 0.1) is 24.0 Å². The summed E-state index contributed by atoms with van der Waals surface area (Å²) in [7, 11) is 0. The summed E-state index contributed by atoms with van der Waals surface area (Å²) in [5.41, 5.74) is -1.57. The van der Waals surface area contributed by atoms with Crippen LogP contribution in [0.4, 0.5) is 0 Å². The molecule has 0 unspecified atom stereocenters. The fraction of sp³-hybridized carbons (Fsp3) is 0.240. The van der Waals surface area contributed by atoms with E-state index in [-0.39, 0.29) is 22.3 Å². The summed E-state index contributed by atoms with van der Waals surface area (Å²) in [4.78, 5) is 11.4. The molecule has 29 heavy (non-hydrogen) atoms. The van der Waals surface area contributed by atoms with Gasteiger partial charge in [0.2, 0.25) is 0 Å². The van der Waals surface area contributed by atoms with Crippen LogP contribution >= 0.6 is 0 Å². The Kier molecular flexibility index (Phi) is 3.35. The molecule has 0 amide bonds. The van der Waals surface area contributed by atoms with Crippen molar-refractivity contribution in [2.24, 2.45) is 0 Å². The van der Waals surface area contributed by atoms with Crippen molar-refractivity contribution in [3.8, 4) is 11.1 Å². The first-order chi connectivity index (χ1) is 19.2. The highest BCUT2D eigenvalue weighted by molar-refractivity contribution is 5.89. The van der Waals surface area contributed by atoms with Crippen LogP contribution in [-0.2, 0) is 6.42 Å². The molecule has 150 valence electrons. The van der Waals surface area contributed by atoms with Gasteiger partial charge in [-0.05, 0) is 60.6 Å². The molecule has 0 radical (unpaired) electrons. The van der Waals surface area contributed by atoms with E-state index < -0.39 is 97.4 Å². The van der Waals surface area contributed by atoms with Gasteiger partial charge in [0.15, 0.2) is 0 Å². The molecular formula is C25H27NO3. The quantitative estimate of drug-likeness (QED) is 0.489. The van der Waals surface area contributed by atoms with E-state index in [2.05, 4.69) is 5.32 Å². The summed E-state index contributed by atoms with van der Waals surface area (Å²) in [6.07, 6.45) is -6.84. The Morgan fingerprint density at radius 3 is 2.86 bits per heavy atom. The van der Waals surface area contributed by atoms with Crippen molar-refractivity contribution in [2.75, 3.05) is 13.0 Å². The zero-order valence-corrected chi connectivity index (χ0v) is 15.5. The van der Waals surface area contributed by atoms with Crippen LogP contribution < -0.4 is 5.32 Å². The van der Waals surface area contributed by atoms with Gasteiger partial charge in [-0.15, -0.1) is 0 Å². The van der Waals surface area contributed by atoms with Crippen LogP contribution in [0.2, 0.25) is 0 Å². The van der Waals surface area contributed by atoms with E-state index in [4.69, 9.17) is 17.8 Å². The summed E-state index contributed by atoms with van der Waals surface area (Å²) in [6.45, 7) is -2.85. The lowest BCUT2D eigenvalue weighted by molar-refractivity contribution is 0.0697. The van der Waals surface area contributed by atoms with E-state index in [1.165, 1.54) is 25.1 Å². The molecule has 0 saturated carbocycles. The molecule has 0 aromatic heterocycles. The maximum atomic E-state index is 11.4. The third-order valence-corrected chi connectivity index (χ3v) is 3.81. The van der Waals surface area contributed by atoms with E-state index in [0.29, 0.717) is 0 Å². The molecule has 1 atom stereocenters. The molecule has 3 aromatic carbocycles. The molecule has 0 spiro atoms. The standard InChI is InChI=1S/C25H27NO3/c1-18-6-2-11-22(14-18)24(27)17-26-13-5-8-19-7-3-9-20(15-19)21-10-4-12-23(16-21)25(28)29/h2-4,6-7,9-12,14-16,24,26-27H,5,8,13,17H2,1H3,(H,28,29)/t24-/m0/s1/i2D,3D,5D2,6D,7D,9D,11D,13D2,14D,15D,24D. The number of hydrogen-bond acceptors (Lipinski definition) is 3. The second-order valence-electron chi connectivity index (χ2n) is 6.02. The molecule has 0 aliphatic rings. The number of carboxylic acids is 1. The van der Waals surface area contributed by atoms with Gasteiger partial charge in [0, 0.05) is 12.0 Å². The number of aromatic carboxylic acids is 1. The van der Waals surface area contributed by atoms with Gasteiger partial charge in [-0.1, -0.05) is 66.0 Å². The fourth-order valence-electron chi connectivity index (χ4n) is 2.42. The minimum Gasteiger partial charge on any atom is -0.478 e. The molecule has 0 aliphatic heterocycles. The first kappa shape index (κ1) is 9.70. The monoisotopic (exact) mass is 402 g/mol. The maximum absolute atomic E-state index is 11.4. The molecule has 0 heterocycles. The summed E-state index contributed by atoms with van der Waals surface area (Å²) >= 11 is 0. The molecular weight excluding hydrogens is 362 g/mol. The fourth-order valence-corrected chi connectivity index (χ4v) is 2.42. The molecule has 3 aromatic rings. The summed E-state index contributed by atoms with van der Waals surface area (Å²) < 4.78 is 107. The van der Waals surface area contributed by atoms with Gasteiger partial charge in [-0.25, -0.2) is 4.79 Å². The molecule has 4 heteroatoms. The minimum absolute atomic E-state index is 0.0563. The number of hydrogen-bond donors (Lipinski definition) is 3. The van der Waals surface area contributed by atoms with Crippen LogP contribution in [0.25, 0.3) is 11.1 Å². The molecule has 0 aliphatic carbocycles. The van der Waals surface area contributed by atoms with E-state index in [9.17, 15) is 15.0 Å². The number of rotatable bonds is 9. The SMILES string of the molecule is [2H]c1c([2H])c(CC([2H])([2H])C([2H])([2H])NC[C@]([2H])(O)c2c([2H])c([2H])c([2H])c(C)c2[2H])c([2H])c(-c2cccc(C(=O)O)c2)c1[2H]. The van der Waals surface area contributed by atoms with Crippen molar-refractivity contribution in [1.29, 1.82) is 0 Å². The lowest BCUT2D eigenvalue weighted by Crippen LogP contribution is -2.22. The second kappa shape index (κ2) is 10.0. The molecule has 0 bridgehead atoms. The van der Waals surface area contributed by atoms with Crippen LogP contribution in [0, 0.1) is 6.92 Å². The van der Waals surface area contributed by atoms with Gasteiger partial charge < -0.3 is 15.5 Å². The first-order valence-electron chi connectivity index (χ1n) is 15.1. The Morgan fingerprint density at radius 1 is 1.21 bits per heavy atom. The molecule has 3 rings (SSSR count). The van der Waals surface area contributed by atoms with Crippen molar-refractivity contribution < 1.29 is 32.8 Å². The van der Waals surface area contributed by atoms with Gasteiger partial charge >= 0.3 is 5.97 Å². The Labute approximate surface area is 190 Å². The van der Waals surface area contributed by atoms with Crippen molar-refractivity contribution in [1.82, 2.24) is 5.32 Å². The van der Waals surface area contributed by atoms with Gasteiger partial charge in [-0.3, -0.25) is 0 Å². The lowest BCUT2D eigenvalue weighted by Gasteiger charge is -2.13. The van der Waals surface area contributed by atoms with E-state index >= 15 is 0 Å². The Morgan fingerprint density at radius 2 is 2.03 bits per heavy atom. The van der Waals surface area contributed by atoms with Crippen molar-refractivity contribution in [3.05, 3.63) is 94.9 Å². The van der Waals surface area contributed by atoms with Crippen LogP contribution in [-0.4, -0.2) is 29.2 Å². The third kappa shape index (κ3) is 6.01. The van der Waals surface area contributed by atoms with Gasteiger partial charge in [-0.2, -0.15) is 0 Å². The Balaban J connectivity index is 2.00. The van der Waals surface area contributed by atoms with E-state index in [1.54, 1.807) is 0 Å². The predicted octanol–water partition coefficient (Wildman–Crippen LogP) is 4.62. The number of aliphatic hydroxyl groups is 1. The zero-order chi connectivity index (χ0) is 32.1. The number of benzene rings is 3. The maximum Gasteiger partial charge on any atom is 0.335 e.